The smallest absolute Gasteiger partial charge is 0.421 e. The number of aryl methyl sites for hydroxylation is 1. The van der Waals surface area contributed by atoms with Crippen LogP contribution in [0.4, 0.5) is 23.2 Å². The van der Waals surface area contributed by atoms with Crippen LogP contribution in [-0.2, 0) is 6.54 Å². The number of alkyl halides is 4. The van der Waals surface area contributed by atoms with Crippen molar-refractivity contribution in [2.45, 2.75) is 25.7 Å². The molecule has 0 atom stereocenters. The largest absolute Gasteiger partial charge is 0.507 e. The lowest BCUT2D eigenvalue weighted by molar-refractivity contribution is -0.391. The Hall–Kier alpha value is -2.89. The molecule has 12 heteroatoms. The molecule has 1 aliphatic rings. The van der Waals surface area contributed by atoms with Gasteiger partial charge in [-0.05, 0) is 34.0 Å². The summed E-state index contributed by atoms with van der Waals surface area (Å²) in [5.74, 6) is -1.14. The van der Waals surface area contributed by atoms with Gasteiger partial charge >= 0.3 is 12.2 Å². The number of rotatable bonds is 3. The van der Waals surface area contributed by atoms with Gasteiger partial charge in [-0.2, -0.15) is 17.6 Å². The van der Waals surface area contributed by atoms with Gasteiger partial charge in [0.2, 0.25) is 0 Å². The number of non-ortho nitro benzene ring substituents is 1. The molecule has 0 saturated heterocycles. The van der Waals surface area contributed by atoms with Crippen molar-refractivity contribution in [2.75, 3.05) is 0 Å². The highest BCUT2D eigenvalue weighted by atomic mass is 79.9. The first-order valence-corrected chi connectivity index (χ1v) is 8.85. The number of hydrogen-bond acceptors (Lipinski definition) is 5. The molecule has 2 aromatic carbocycles. The zero-order chi connectivity index (χ0) is 21.1. The molecule has 2 heterocycles. The number of nitro benzene ring substituents is 1. The predicted octanol–water partition coefficient (Wildman–Crippen LogP) is 5.02. The normalized spacial score (nSPS) is 16.8. The summed E-state index contributed by atoms with van der Waals surface area (Å²) in [6.45, 7) is 1.87. The molecule has 0 radical (unpaired) electrons. The summed E-state index contributed by atoms with van der Waals surface area (Å²) >= 11 is 3.23. The number of fused-ring (bicyclic) bond motifs is 2. The Bertz CT molecular complexity index is 1170. The highest BCUT2D eigenvalue weighted by molar-refractivity contribution is 9.10. The van der Waals surface area contributed by atoms with Gasteiger partial charge in [0.25, 0.3) is 5.69 Å². The van der Waals surface area contributed by atoms with Crippen LogP contribution in [0.15, 0.2) is 35.1 Å². The van der Waals surface area contributed by atoms with Gasteiger partial charge in [-0.3, -0.25) is 10.1 Å². The number of nitrogens with zero attached hydrogens (tertiary/aromatic N) is 3. The average Bonchev–Trinajstić information content (AvgIpc) is 2.90. The second-order valence-electron chi connectivity index (χ2n) is 6.36. The molecular weight excluding hydrogens is 466 g/mol. The fraction of sp³-hybridized carbons (Fsp3) is 0.235. The lowest BCUT2D eigenvalue weighted by Crippen LogP contribution is -2.52. The summed E-state index contributed by atoms with van der Waals surface area (Å²) in [6, 6.07) is 6.51. The predicted molar refractivity (Wildman–Crippen MR) is 95.5 cm³/mol. The summed E-state index contributed by atoms with van der Waals surface area (Å²) in [7, 11) is 0. The Balaban J connectivity index is 1.81. The third kappa shape index (κ3) is 3.16. The molecule has 0 bridgehead atoms. The maximum absolute atomic E-state index is 13.5. The van der Waals surface area contributed by atoms with Crippen LogP contribution in [0.25, 0.3) is 11.0 Å². The minimum atomic E-state index is -4.84. The second kappa shape index (κ2) is 6.31. The molecule has 3 aromatic rings. The summed E-state index contributed by atoms with van der Waals surface area (Å²) in [6.07, 6.45) is -9.67. The number of imidazole rings is 1. The Kier molecular flexibility index (Phi) is 4.22. The minimum Gasteiger partial charge on any atom is -0.421 e. The van der Waals surface area contributed by atoms with Crippen molar-refractivity contribution >= 4 is 32.7 Å². The third-order valence-corrected chi connectivity index (χ3v) is 5.06. The van der Waals surface area contributed by atoms with E-state index in [1.54, 1.807) is 13.0 Å². The molecule has 7 nitrogen and oxygen atoms in total. The van der Waals surface area contributed by atoms with Crippen molar-refractivity contribution < 1.29 is 32.0 Å². The van der Waals surface area contributed by atoms with E-state index in [0.717, 1.165) is 17.7 Å². The number of ether oxygens (including phenoxy) is 2. The third-order valence-electron chi connectivity index (χ3n) is 4.45. The van der Waals surface area contributed by atoms with Crippen LogP contribution in [0.3, 0.4) is 0 Å². The van der Waals surface area contributed by atoms with Crippen molar-refractivity contribution in [3.8, 4) is 11.5 Å². The van der Waals surface area contributed by atoms with Crippen LogP contribution in [0.1, 0.15) is 11.1 Å². The molecule has 0 amide bonds. The second-order valence-corrected chi connectivity index (χ2v) is 7.07. The van der Waals surface area contributed by atoms with Gasteiger partial charge in [-0.1, -0.05) is 6.07 Å². The van der Waals surface area contributed by atoms with E-state index in [1.807, 2.05) is 0 Å². The minimum absolute atomic E-state index is 0.108. The molecule has 0 N–H and O–H groups in total. The summed E-state index contributed by atoms with van der Waals surface area (Å²) in [4.78, 5) is 14.7. The van der Waals surface area contributed by atoms with E-state index in [-0.39, 0.29) is 28.0 Å². The molecule has 4 rings (SSSR count). The van der Waals surface area contributed by atoms with Crippen molar-refractivity contribution in [3.05, 3.63) is 56.3 Å². The van der Waals surface area contributed by atoms with Gasteiger partial charge in [0.05, 0.1) is 22.5 Å². The van der Waals surface area contributed by atoms with E-state index in [9.17, 15) is 27.7 Å². The number of benzene rings is 2. The van der Waals surface area contributed by atoms with Gasteiger partial charge in [0, 0.05) is 24.3 Å². The standard InChI is InChI=1S/C17H10BrF4N3O4/c1-8-2-3-10(25(26)27)4-9(8)7-24-12-6-14-13(5-11(12)23-15(24)18)28-16(19,20)17(21,22)29-14/h2-6H,7H2,1H3. The quantitative estimate of drug-likeness (QED) is 0.302. The van der Waals surface area contributed by atoms with Gasteiger partial charge in [0.15, 0.2) is 16.2 Å². The van der Waals surface area contributed by atoms with Crippen LogP contribution >= 0.6 is 15.9 Å². The molecule has 152 valence electrons. The fourth-order valence-electron chi connectivity index (χ4n) is 2.92. The van der Waals surface area contributed by atoms with Gasteiger partial charge in [-0.15, -0.1) is 0 Å². The molecule has 0 spiro atoms. The van der Waals surface area contributed by atoms with Gasteiger partial charge in [0.1, 0.15) is 0 Å². The zero-order valence-corrected chi connectivity index (χ0v) is 16.0. The Labute approximate surface area is 168 Å². The SMILES string of the molecule is Cc1ccc([N+](=O)[O-])cc1Cn1c(Br)nc2cc3c(cc21)OC(F)(F)C(F)(F)O3. The summed E-state index contributed by atoms with van der Waals surface area (Å²) in [5, 5.41) is 11.0. The maximum Gasteiger partial charge on any atom is 0.507 e. The van der Waals surface area contributed by atoms with Gasteiger partial charge in [-0.25, -0.2) is 4.98 Å². The molecule has 29 heavy (non-hydrogen) atoms. The molecular formula is C17H10BrF4N3O4. The van der Waals surface area contributed by atoms with E-state index in [1.165, 1.54) is 16.7 Å². The molecule has 0 aliphatic carbocycles. The molecule has 1 aliphatic heterocycles. The Morgan fingerprint density at radius 2 is 1.76 bits per heavy atom. The van der Waals surface area contributed by atoms with Crippen LogP contribution < -0.4 is 9.47 Å². The highest BCUT2D eigenvalue weighted by Gasteiger charge is 2.66. The monoisotopic (exact) mass is 475 g/mol. The van der Waals surface area contributed by atoms with Crippen LogP contribution in [0.5, 0.6) is 11.5 Å². The van der Waals surface area contributed by atoms with E-state index in [2.05, 4.69) is 30.4 Å². The highest BCUT2D eigenvalue weighted by Crippen LogP contribution is 2.48. The number of aromatic nitrogens is 2. The first kappa shape index (κ1) is 19.4. The Morgan fingerprint density at radius 1 is 1.14 bits per heavy atom. The lowest BCUT2D eigenvalue weighted by atomic mass is 10.1. The van der Waals surface area contributed by atoms with E-state index in [4.69, 9.17) is 0 Å². The van der Waals surface area contributed by atoms with Crippen LogP contribution in [0.2, 0.25) is 0 Å². The number of halogens is 5. The summed E-state index contributed by atoms with van der Waals surface area (Å²) < 4.78 is 63.9. The molecule has 0 fully saturated rings. The molecule has 0 saturated carbocycles. The number of nitro groups is 1. The number of hydrogen-bond donors (Lipinski definition) is 0. The molecule has 1 aromatic heterocycles. The summed E-state index contributed by atoms with van der Waals surface area (Å²) in [5.41, 5.74) is 1.70. The van der Waals surface area contributed by atoms with Crippen molar-refractivity contribution in [2.24, 2.45) is 0 Å². The van der Waals surface area contributed by atoms with E-state index in [0.29, 0.717) is 5.56 Å². The first-order chi connectivity index (χ1) is 13.5. The van der Waals surface area contributed by atoms with Gasteiger partial charge < -0.3 is 14.0 Å². The van der Waals surface area contributed by atoms with Crippen molar-refractivity contribution in [1.82, 2.24) is 9.55 Å². The average molecular weight is 476 g/mol. The van der Waals surface area contributed by atoms with E-state index < -0.39 is 28.6 Å². The fourth-order valence-corrected chi connectivity index (χ4v) is 3.43. The van der Waals surface area contributed by atoms with Crippen molar-refractivity contribution in [3.63, 3.8) is 0 Å². The Morgan fingerprint density at radius 3 is 2.38 bits per heavy atom. The lowest BCUT2D eigenvalue weighted by Gasteiger charge is -2.31. The maximum atomic E-state index is 13.5. The van der Waals surface area contributed by atoms with E-state index >= 15 is 0 Å². The van der Waals surface area contributed by atoms with Crippen LogP contribution in [0, 0.1) is 17.0 Å². The van der Waals surface area contributed by atoms with Crippen molar-refractivity contribution in [1.29, 1.82) is 0 Å². The molecule has 0 unspecified atom stereocenters. The van der Waals surface area contributed by atoms with Crippen LogP contribution in [-0.4, -0.2) is 26.7 Å². The zero-order valence-electron chi connectivity index (χ0n) is 14.5. The topological polar surface area (TPSA) is 79.4 Å². The first-order valence-electron chi connectivity index (χ1n) is 8.06.